The van der Waals surface area contributed by atoms with Crippen LogP contribution in [0.1, 0.15) is 67.2 Å². The quantitative estimate of drug-likeness (QED) is 0.191. The second-order valence-corrected chi connectivity index (χ2v) is 10.9. The van der Waals surface area contributed by atoms with Crippen molar-refractivity contribution in [2.24, 2.45) is 10.8 Å². The number of hydrogen-bond donors (Lipinski definition) is 1. The van der Waals surface area contributed by atoms with Gasteiger partial charge < -0.3 is 24.3 Å². The summed E-state index contributed by atoms with van der Waals surface area (Å²) in [6.07, 6.45) is 1.93. The molecule has 0 aromatic heterocycles. The van der Waals surface area contributed by atoms with E-state index in [0.717, 1.165) is 6.54 Å². The van der Waals surface area contributed by atoms with Crippen molar-refractivity contribution in [3.63, 3.8) is 0 Å². The van der Waals surface area contributed by atoms with Crippen LogP contribution < -0.4 is 10.0 Å². The smallest absolute Gasteiger partial charge is 0.311 e. The molecule has 0 saturated heterocycles. The van der Waals surface area contributed by atoms with Crippen LogP contribution >= 0.6 is 11.8 Å². The van der Waals surface area contributed by atoms with Gasteiger partial charge in [-0.1, -0.05) is 27.4 Å². The normalized spacial score (nSPS) is 11.3. The van der Waals surface area contributed by atoms with Crippen molar-refractivity contribution in [3.8, 4) is 0 Å². The lowest BCUT2D eigenvalue weighted by Gasteiger charge is -2.24. The molecule has 0 amide bonds. The summed E-state index contributed by atoms with van der Waals surface area (Å²) in [5.41, 5.74) is -0.733. The molecule has 0 heterocycles. The Morgan fingerprint density at radius 1 is 0.971 bits per heavy atom. The predicted octanol–water partition coefficient (Wildman–Crippen LogP) is 1.46. The molecule has 1 N–H and O–H groups in total. The molecular formula is C25H45NO7S. The fourth-order valence-corrected chi connectivity index (χ4v) is 2.94. The summed E-state index contributed by atoms with van der Waals surface area (Å²) in [5, 5.41) is 10.8. The highest BCUT2D eigenvalue weighted by Gasteiger charge is 2.26. The van der Waals surface area contributed by atoms with E-state index in [1.807, 2.05) is 34.9 Å². The number of rotatable bonds is 16. The molecule has 0 aromatic carbocycles. The second kappa shape index (κ2) is 17.5. The number of carbonyl (C=O) groups excluding carboxylic acids is 4. The average molecular weight is 504 g/mol. The number of aliphatic carboxylic acids is 1. The fourth-order valence-electron chi connectivity index (χ4n) is 1.97. The number of hydrogen-bond acceptors (Lipinski definition) is 8. The molecule has 34 heavy (non-hydrogen) atoms. The van der Waals surface area contributed by atoms with Crippen LogP contribution in [0.4, 0.5) is 0 Å². The number of carbonyl (C=O) groups is 4. The molecule has 9 heteroatoms. The maximum Gasteiger partial charge on any atom is 0.311 e. The molecule has 0 aliphatic rings. The highest BCUT2D eigenvalue weighted by molar-refractivity contribution is 7.99. The van der Waals surface area contributed by atoms with Crippen LogP contribution in [0.15, 0.2) is 12.2 Å². The number of thioether (sulfide) groups is 1. The number of esters is 2. The number of ether oxygens (including phenoxy) is 2. The minimum absolute atomic E-state index is 0.182. The molecule has 0 aliphatic carbocycles. The Morgan fingerprint density at radius 2 is 1.56 bits per heavy atom. The lowest BCUT2D eigenvalue weighted by Crippen LogP contribution is -3.05. The van der Waals surface area contributed by atoms with Gasteiger partial charge >= 0.3 is 11.9 Å². The average Bonchev–Trinajstić information content (AvgIpc) is 2.74. The van der Waals surface area contributed by atoms with Gasteiger partial charge in [0.1, 0.15) is 6.61 Å². The standard InChI is InChI=1S/C17H30O6S.C8H15NO/c1-6-16(2,3)15(21)23-9-7-8-13(18)22-10-11-24-12-17(4,5)14(19)20;1-7(2)8(10)5-6-9(3)4/h6-12H2,1-5H3,(H,19,20);1,5-6H2,2-4H3. The molecular weight excluding hydrogens is 458 g/mol. The third-order valence-corrected chi connectivity index (χ3v) is 6.41. The summed E-state index contributed by atoms with van der Waals surface area (Å²) in [6, 6.07) is 0. The fraction of sp³-hybridized carbons (Fsp3) is 0.760. The van der Waals surface area contributed by atoms with Crippen molar-refractivity contribution < 1.29 is 38.7 Å². The van der Waals surface area contributed by atoms with Crippen LogP contribution in [0.5, 0.6) is 0 Å². The molecule has 0 bridgehead atoms. The van der Waals surface area contributed by atoms with E-state index in [2.05, 4.69) is 6.58 Å². The Morgan fingerprint density at radius 3 is 2.03 bits per heavy atom. The lowest BCUT2D eigenvalue weighted by atomic mass is 9.91. The van der Waals surface area contributed by atoms with Gasteiger partial charge in [0, 0.05) is 29.3 Å². The highest BCUT2D eigenvalue weighted by Crippen LogP contribution is 2.22. The van der Waals surface area contributed by atoms with Gasteiger partial charge in [0.25, 0.3) is 0 Å². The molecule has 0 saturated carbocycles. The Labute approximate surface area is 209 Å². The summed E-state index contributed by atoms with van der Waals surface area (Å²) in [7, 11) is 4.07. The van der Waals surface area contributed by atoms with Gasteiger partial charge in [-0.05, 0) is 39.2 Å². The molecule has 0 rings (SSSR count). The summed E-state index contributed by atoms with van der Waals surface area (Å²) in [6.45, 7) is 15.4. The number of carboxylic acids is 1. The van der Waals surface area contributed by atoms with Crippen LogP contribution in [0, 0.1) is 10.8 Å². The SMILES string of the molecule is C=C(C)C(=O)CC[NH+](C)C.CCC(C)(C)C(=O)OCCCC(=O)OCCSCC(C)(C)C(=O)[O-]. The summed E-state index contributed by atoms with van der Waals surface area (Å²) < 4.78 is 10.2. The van der Waals surface area contributed by atoms with E-state index in [4.69, 9.17) is 9.47 Å². The van der Waals surface area contributed by atoms with Crippen molar-refractivity contribution >= 4 is 35.5 Å². The van der Waals surface area contributed by atoms with Gasteiger partial charge in [0.2, 0.25) is 0 Å². The van der Waals surface area contributed by atoms with Gasteiger partial charge in [-0.3, -0.25) is 14.4 Å². The van der Waals surface area contributed by atoms with Crippen LogP contribution in [0.25, 0.3) is 0 Å². The number of Topliss-reactive ketones (excluding diaryl/α,β-unsaturated/α-hetero) is 1. The Hall–Kier alpha value is -1.87. The number of quaternary nitrogens is 1. The number of nitrogens with one attached hydrogen (secondary N) is 1. The van der Waals surface area contributed by atoms with E-state index in [0.29, 0.717) is 36.3 Å². The van der Waals surface area contributed by atoms with Crippen molar-refractivity contribution in [2.75, 3.05) is 45.4 Å². The Kier molecular flexibility index (Phi) is 17.7. The van der Waals surface area contributed by atoms with Crippen molar-refractivity contribution in [1.82, 2.24) is 0 Å². The first-order chi connectivity index (χ1) is 15.6. The molecule has 0 atom stereocenters. The van der Waals surface area contributed by atoms with Crippen LogP contribution in [-0.4, -0.2) is 69.1 Å². The summed E-state index contributed by atoms with van der Waals surface area (Å²) in [5.74, 6) is -0.585. The third-order valence-electron chi connectivity index (χ3n) is 5.03. The van der Waals surface area contributed by atoms with Gasteiger partial charge in [-0.25, -0.2) is 0 Å². The zero-order valence-corrected chi connectivity index (χ0v) is 23.2. The maximum absolute atomic E-state index is 11.7. The van der Waals surface area contributed by atoms with E-state index in [9.17, 15) is 24.3 Å². The Bertz CT molecular complexity index is 672. The third kappa shape index (κ3) is 17.6. The molecule has 0 unspecified atom stereocenters. The number of ketones is 1. The van der Waals surface area contributed by atoms with Crippen molar-refractivity contribution in [3.05, 3.63) is 12.2 Å². The van der Waals surface area contributed by atoms with Crippen LogP contribution in [0.2, 0.25) is 0 Å². The van der Waals surface area contributed by atoms with E-state index in [1.54, 1.807) is 20.8 Å². The predicted molar refractivity (Wildman–Crippen MR) is 133 cm³/mol. The van der Waals surface area contributed by atoms with Gasteiger partial charge in [-0.2, -0.15) is 11.8 Å². The summed E-state index contributed by atoms with van der Waals surface area (Å²) in [4.78, 5) is 46.3. The zero-order valence-electron chi connectivity index (χ0n) is 22.3. The van der Waals surface area contributed by atoms with E-state index < -0.39 is 16.8 Å². The minimum atomic E-state index is -1.09. The first kappa shape index (κ1) is 34.3. The molecule has 0 radical (unpaired) electrons. The summed E-state index contributed by atoms with van der Waals surface area (Å²) >= 11 is 1.40. The monoisotopic (exact) mass is 503 g/mol. The zero-order chi connectivity index (χ0) is 26.9. The lowest BCUT2D eigenvalue weighted by molar-refractivity contribution is -0.857. The first-order valence-electron chi connectivity index (χ1n) is 11.7. The van der Waals surface area contributed by atoms with Crippen LogP contribution in [-0.2, 0) is 28.7 Å². The highest BCUT2D eigenvalue weighted by atomic mass is 32.2. The Balaban J connectivity index is 0. The number of carboxylic acid groups (broad SMARTS) is 1. The molecule has 0 aliphatic heterocycles. The molecule has 0 fully saturated rings. The second-order valence-electron chi connectivity index (χ2n) is 9.83. The molecule has 0 aromatic rings. The van der Waals surface area contributed by atoms with E-state index in [1.165, 1.54) is 16.7 Å². The molecule has 8 nitrogen and oxygen atoms in total. The minimum Gasteiger partial charge on any atom is -0.550 e. The van der Waals surface area contributed by atoms with Gasteiger partial charge in [-0.15, -0.1) is 0 Å². The maximum atomic E-state index is 11.7. The van der Waals surface area contributed by atoms with Gasteiger partial charge in [0.05, 0.1) is 39.1 Å². The van der Waals surface area contributed by atoms with E-state index in [-0.39, 0.29) is 37.4 Å². The molecule has 198 valence electrons. The first-order valence-corrected chi connectivity index (χ1v) is 12.8. The van der Waals surface area contributed by atoms with Crippen LogP contribution in [0.3, 0.4) is 0 Å². The molecule has 0 spiro atoms. The van der Waals surface area contributed by atoms with Crippen molar-refractivity contribution in [1.29, 1.82) is 0 Å². The van der Waals surface area contributed by atoms with E-state index >= 15 is 0 Å². The topological polar surface area (TPSA) is 114 Å². The van der Waals surface area contributed by atoms with Crippen molar-refractivity contribution in [2.45, 2.75) is 67.2 Å². The largest absolute Gasteiger partial charge is 0.550 e. The van der Waals surface area contributed by atoms with Gasteiger partial charge in [0.15, 0.2) is 5.78 Å². The number of allylic oxidation sites excluding steroid dienone is 1.